The van der Waals surface area contributed by atoms with Gasteiger partial charge in [0.2, 0.25) is 0 Å². The van der Waals surface area contributed by atoms with Crippen LogP contribution in [0.5, 0.6) is 0 Å². The van der Waals surface area contributed by atoms with E-state index >= 15 is 0 Å². The summed E-state index contributed by atoms with van der Waals surface area (Å²) >= 11 is 0. The van der Waals surface area contributed by atoms with Gasteiger partial charge in [0, 0.05) is 40.0 Å². The summed E-state index contributed by atoms with van der Waals surface area (Å²) in [6, 6.07) is 0. The molecule has 0 fully saturated rings. The first-order chi connectivity index (χ1) is 9.54. The van der Waals surface area contributed by atoms with Gasteiger partial charge in [-0.25, -0.2) is 18.6 Å². The number of hydrogen-bond donors (Lipinski definition) is 4. The van der Waals surface area contributed by atoms with Gasteiger partial charge in [0.05, 0.1) is 13.1 Å². The summed E-state index contributed by atoms with van der Waals surface area (Å²) in [5, 5.41) is 20.1. The van der Waals surface area contributed by atoms with Crippen LogP contribution in [-0.4, -0.2) is 61.7 Å². The molecule has 0 heterocycles. The molecule has 2 unspecified atom stereocenters. The Morgan fingerprint density at radius 2 is 1.09 bits per heavy atom. The summed E-state index contributed by atoms with van der Waals surface area (Å²) in [6.45, 7) is 8.16. The van der Waals surface area contributed by atoms with E-state index in [1.54, 1.807) is 0 Å². The van der Waals surface area contributed by atoms with Crippen molar-refractivity contribution >= 4 is 0 Å². The smallest absolute Gasteiger partial charge is 0.442 e. The molecule has 10 N–H and O–H groups in total. The Morgan fingerprint density at radius 3 is 1.23 bits per heavy atom. The Balaban J connectivity index is -0.000000111. The Hall–Kier alpha value is 0.409. The van der Waals surface area contributed by atoms with Crippen molar-refractivity contribution in [3.05, 3.63) is 0 Å². The summed E-state index contributed by atoms with van der Waals surface area (Å²) in [7, 11) is -4.94. The third-order valence-corrected chi connectivity index (χ3v) is 1.54. The van der Waals surface area contributed by atoms with Gasteiger partial charge in [-0.15, -0.1) is 10.2 Å². The topological polar surface area (TPSA) is 214 Å². The van der Waals surface area contributed by atoms with Crippen molar-refractivity contribution < 1.29 is 56.2 Å². The van der Waals surface area contributed by atoms with Gasteiger partial charge in [0.15, 0.2) is 12.2 Å². The molecule has 10 nitrogen and oxygen atoms in total. The van der Waals surface area contributed by atoms with Gasteiger partial charge in [-0.3, -0.25) is 0 Å². The first-order valence-corrected chi connectivity index (χ1v) is 7.63. The molecule has 0 aromatic carbocycles. The van der Waals surface area contributed by atoms with Crippen LogP contribution in [0.4, 0.5) is 0 Å². The number of halogens is 1. The number of nitrogens with one attached hydrogen (secondary N) is 2. The maximum absolute atomic E-state index is 8.49. The molecule has 0 spiro atoms. The second-order valence-corrected chi connectivity index (χ2v) is 4.92. The minimum absolute atomic E-state index is 0. The van der Waals surface area contributed by atoms with Crippen LogP contribution in [0.15, 0.2) is 0 Å². The molecule has 0 rings (SSSR count). The van der Waals surface area contributed by atoms with Crippen molar-refractivity contribution in [1.29, 1.82) is 0 Å². The van der Waals surface area contributed by atoms with Crippen LogP contribution in [0, 0.1) is 10.2 Å². The van der Waals surface area contributed by atoms with Gasteiger partial charge in [-0.1, -0.05) is 0 Å². The maximum Gasteiger partial charge on any atom is 2.00 e. The predicted octanol–water partition coefficient (Wildman–Crippen LogP) is -7.46. The van der Waals surface area contributed by atoms with Gasteiger partial charge in [0.25, 0.3) is 0 Å². The Morgan fingerprint density at radius 1 is 0.864 bits per heavy atom. The standard InChI is InChI=1S/2C5H14N2O.ClHO4.Cu/c2*1-5(8)4-7-3-2-6;2-1(3,4)5;/h2*5,7-8H,2-4,6H2,1H3;(H,2,3,4,5);/q;;;+2/p+1. The van der Waals surface area contributed by atoms with E-state index in [9.17, 15) is 0 Å². The van der Waals surface area contributed by atoms with Gasteiger partial charge in [0.1, 0.15) is 0 Å². The molecule has 0 saturated heterocycles. The normalized spacial score (nSPS) is 12.8. The molecule has 0 aliphatic heterocycles. The molecule has 0 aromatic heterocycles. The molecule has 0 bridgehead atoms. The SMILES string of the molecule is CC([OH2+])CNCCN.CC([OH2+])CNCCN.[Cu+2].[O-][Cl+3]([O-])([O-])[O-]. The van der Waals surface area contributed by atoms with E-state index in [-0.39, 0.29) is 29.3 Å². The van der Waals surface area contributed by atoms with Crippen LogP contribution in [0.3, 0.4) is 0 Å². The molecule has 141 valence electrons. The molecule has 0 aliphatic rings. The van der Waals surface area contributed by atoms with E-state index in [4.69, 9.17) is 40.3 Å². The maximum atomic E-state index is 8.49. The Bertz CT molecular complexity index is 181. The fourth-order valence-electron chi connectivity index (χ4n) is 0.841. The Labute approximate surface area is 144 Å². The second kappa shape index (κ2) is 21.4. The fourth-order valence-corrected chi connectivity index (χ4v) is 0.841. The fraction of sp³-hybridized carbons (Fsp3) is 1.00. The van der Waals surface area contributed by atoms with Gasteiger partial charge in [-0.2, -0.15) is 0 Å². The molecule has 1 radical (unpaired) electrons. The second-order valence-electron chi connectivity index (χ2n) is 4.17. The summed E-state index contributed by atoms with van der Waals surface area (Å²) in [5.41, 5.74) is 10.4. The van der Waals surface area contributed by atoms with Crippen molar-refractivity contribution in [3.63, 3.8) is 0 Å². The van der Waals surface area contributed by atoms with Crippen molar-refractivity contribution in [2.45, 2.75) is 26.1 Å². The van der Waals surface area contributed by atoms with E-state index < -0.39 is 10.2 Å². The van der Waals surface area contributed by atoms with Crippen LogP contribution in [0.25, 0.3) is 0 Å². The van der Waals surface area contributed by atoms with Crippen molar-refractivity contribution in [3.8, 4) is 0 Å². The molecule has 0 aliphatic carbocycles. The van der Waals surface area contributed by atoms with E-state index in [0.29, 0.717) is 13.1 Å². The zero-order chi connectivity index (χ0) is 17.3. The minimum atomic E-state index is -4.94. The molecule has 2 atom stereocenters. The van der Waals surface area contributed by atoms with Gasteiger partial charge < -0.3 is 32.3 Å². The molecule has 12 heteroatoms. The minimum Gasteiger partial charge on any atom is -0.442 e. The largest absolute Gasteiger partial charge is 2.00 e. The summed E-state index contributed by atoms with van der Waals surface area (Å²) in [6.07, 6.45) is -0.0249. The molecule has 22 heavy (non-hydrogen) atoms. The van der Waals surface area contributed by atoms with Gasteiger partial charge in [-0.05, 0) is 0 Å². The van der Waals surface area contributed by atoms with Crippen LogP contribution < -0.4 is 40.7 Å². The summed E-state index contributed by atoms with van der Waals surface area (Å²) in [5.74, 6) is 0. The zero-order valence-electron chi connectivity index (χ0n) is 12.9. The molecule has 0 aromatic rings. The molecular formula is C10H30ClCuN4O6+3. The van der Waals surface area contributed by atoms with E-state index in [1.165, 1.54) is 0 Å². The zero-order valence-corrected chi connectivity index (χ0v) is 14.6. The third-order valence-electron chi connectivity index (χ3n) is 1.54. The van der Waals surface area contributed by atoms with Crippen LogP contribution in [0.2, 0.25) is 0 Å². The van der Waals surface area contributed by atoms with Crippen LogP contribution >= 0.6 is 0 Å². The van der Waals surface area contributed by atoms with E-state index in [1.807, 2.05) is 13.8 Å². The molecule has 0 saturated carbocycles. The summed E-state index contributed by atoms with van der Waals surface area (Å²) < 4.78 is 34.0. The van der Waals surface area contributed by atoms with E-state index in [0.717, 1.165) is 26.2 Å². The number of nitrogens with two attached hydrogens (primary N) is 2. The Kier molecular flexibility index (Phi) is 29.5. The summed E-state index contributed by atoms with van der Waals surface area (Å²) in [4.78, 5) is 0. The van der Waals surface area contributed by atoms with Crippen LogP contribution in [0.1, 0.15) is 13.8 Å². The van der Waals surface area contributed by atoms with Crippen molar-refractivity contribution in [1.82, 2.24) is 10.6 Å². The monoisotopic (exact) mass is 400 g/mol. The average molecular weight is 401 g/mol. The number of rotatable bonds is 8. The quantitative estimate of drug-likeness (QED) is 0.174. The third kappa shape index (κ3) is 71.0. The van der Waals surface area contributed by atoms with Gasteiger partial charge >= 0.3 is 17.1 Å². The van der Waals surface area contributed by atoms with Crippen LogP contribution in [-0.2, 0) is 17.1 Å². The van der Waals surface area contributed by atoms with E-state index in [2.05, 4.69) is 10.6 Å². The number of hydrogen-bond acceptors (Lipinski definition) is 8. The molecular weight excluding hydrogens is 371 g/mol. The molecule has 0 amide bonds. The van der Waals surface area contributed by atoms with Crippen molar-refractivity contribution in [2.75, 3.05) is 39.3 Å². The van der Waals surface area contributed by atoms with Crippen molar-refractivity contribution in [2.24, 2.45) is 11.5 Å². The first kappa shape index (κ1) is 30.3. The average Bonchev–Trinajstić information content (AvgIpc) is 2.27. The first-order valence-electron chi connectivity index (χ1n) is 6.40. The predicted molar refractivity (Wildman–Crippen MR) is 70.0 cm³/mol.